The maximum absolute atomic E-state index is 13.2. The van der Waals surface area contributed by atoms with Crippen LogP contribution in [0.25, 0.3) is 11.5 Å². The maximum Gasteiger partial charge on any atom is 0.254 e. The number of carbonyl (C=O) groups is 1. The minimum Gasteiger partial charge on any atom is -0.419 e. The van der Waals surface area contributed by atoms with Gasteiger partial charge in [-0.15, -0.1) is 10.2 Å². The highest BCUT2D eigenvalue weighted by Crippen LogP contribution is 2.26. The summed E-state index contributed by atoms with van der Waals surface area (Å²) in [5.74, 6) is 0.264. The summed E-state index contributed by atoms with van der Waals surface area (Å²) in [6.07, 6.45) is 0.674. The minimum absolute atomic E-state index is 0.101. The zero-order valence-corrected chi connectivity index (χ0v) is 20.5. The van der Waals surface area contributed by atoms with Gasteiger partial charge in [-0.3, -0.25) is 4.79 Å². The quantitative estimate of drug-likeness (QED) is 0.472. The van der Waals surface area contributed by atoms with E-state index in [0.717, 1.165) is 0 Å². The van der Waals surface area contributed by atoms with Crippen LogP contribution in [-0.2, 0) is 16.6 Å². The van der Waals surface area contributed by atoms with Gasteiger partial charge in [0.2, 0.25) is 21.8 Å². The fourth-order valence-electron chi connectivity index (χ4n) is 3.05. The summed E-state index contributed by atoms with van der Waals surface area (Å²) in [6.45, 7) is 7.54. The molecule has 1 atom stereocenters. The molecule has 0 spiro atoms. The third-order valence-electron chi connectivity index (χ3n) is 5.14. The molecule has 8 nitrogen and oxygen atoms in total. The molecule has 1 amide bonds. The van der Waals surface area contributed by atoms with Gasteiger partial charge >= 0.3 is 0 Å². The number of hydrogen-bond acceptors (Lipinski definition) is 6. The molecule has 3 aromatic rings. The summed E-state index contributed by atoms with van der Waals surface area (Å²) in [4.78, 5) is 14.8. The minimum atomic E-state index is -3.65. The standard InChI is InChI=1S/C23H27ClN4O4S/c1-5-16(4)27-33(30,31)18-12-10-17(11-13-18)23(29)28(15(2)3)14-21-25-26-22(32-21)19-8-6-7-9-20(19)24/h6-13,15-16,27H,5,14H2,1-4H3. The van der Waals surface area contributed by atoms with E-state index in [1.54, 1.807) is 30.0 Å². The number of carbonyl (C=O) groups excluding carboxylic acids is 1. The van der Waals surface area contributed by atoms with Crippen molar-refractivity contribution in [1.82, 2.24) is 19.8 Å². The van der Waals surface area contributed by atoms with Crippen LogP contribution in [0, 0.1) is 0 Å². The highest BCUT2D eigenvalue weighted by Gasteiger charge is 2.23. The van der Waals surface area contributed by atoms with Crippen LogP contribution >= 0.6 is 11.6 Å². The lowest BCUT2D eigenvalue weighted by atomic mass is 10.1. The molecule has 1 unspecified atom stereocenters. The van der Waals surface area contributed by atoms with Gasteiger partial charge in [-0.05, 0) is 63.6 Å². The van der Waals surface area contributed by atoms with Crippen LogP contribution in [-0.4, -0.2) is 41.5 Å². The number of halogens is 1. The van der Waals surface area contributed by atoms with Gasteiger partial charge in [0.25, 0.3) is 5.91 Å². The Hall–Kier alpha value is -2.75. The Morgan fingerprint density at radius 2 is 1.76 bits per heavy atom. The molecule has 1 aromatic heterocycles. The molecular formula is C23H27ClN4O4S. The van der Waals surface area contributed by atoms with Gasteiger partial charge < -0.3 is 9.32 Å². The van der Waals surface area contributed by atoms with Gasteiger partial charge in [0, 0.05) is 17.6 Å². The average molecular weight is 491 g/mol. The molecule has 3 rings (SSSR count). The van der Waals surface area contributed by atoms with E-state index in [4.69, 9.17) is 16.0 Å². The molecule has 0 saturated heterocycles. The van der Waals surface area contributed by atoms with Gasteiger partial charge in [-0.1, -0.05) is 30.7 Å². The van der Waals surface area contributed by atoms with Crippen LogP contribution < -0.4 is 4.72 Å². The predicted octanol–water partition coefficient (Wildman–Crippen LogP) is 4.52. The van der Waals surface area contributed by atoms with E-state index in [-0.39, 0.29) is 41.2 Å². The topological polar surface area (TPSA) is 105 Å². The van der Waals surface area contributed by atoms with E-state index >= 15 is 0 Å². The van der Waals surface area contributed by atoms with Gasteiger partial charge in [-0.2, -0.15) is 0 Å². The first-order valence-corrected chi connectivity index (χ1v) is 12.5. The fourth-order valence-corrected chi connectivity index (χ4v) is 4.60. The molecule has 1 N–H and O–H groups in total. The number of aromatic nitrogens is 2. The highest BCUT2D eigenvalue weighted by molar-refractivity contribution is 7.89. The van der Waals surface area contributed by atoms with Crippen molar-refractivity contribution in [2.75, 3.05) is 0 Å². The molecule has 2 aromatic carbocycles. The zero-order chi connectivity index (χ0) is 24.2. The second kappa shape index (κ2) is 10.5. The first kappa shape index (κ1) is 24.9. The van der Waals surface area contributed by atoms with Crippen molar-refractivity contribution in [2.24, 2.45) is 0 Å². The number of sulfonamides is 1. The normalized spacial score (nSPS) is 12.7. The van der Waals surface area contributed by atoms with Crippen LogP contribution in [0.2, 0.25) is 5.02 Å². The van der Waals surface area contributed by atoms with Crippen molar-refractivity contribution < 1.29 is 17.6 Å². The van der Waals surface area contributed by atoms with Crippen LogP contribution in [0.5, 0.6) is 0 Å². The van der Waals surface area contributed by atoms with Crippen molar-refractivity contribution in [3.63, 3.8) is 0 Å². The van der Waals surface area contributed by atoms with Gasteiger partial charge in [-0.25, -0.2) is 13.1 Å². The first-order chi connectivity index (χ1) is 15.6. The highest BCUT2D eigenvalue weighted by atomic mass is 35.5. The molecule has 0 radical (unpaired) electrons. The molecule has 0 aliphatic rings. The number of benzene rings is 2. The summed E-state index contributed by atoms with van der Waals surface area (Å²) in [7, 11) is -3.65. The molecule has 176 valence electrons. The Morgan fingerprint density at radius 1 is 1.09 bits per heavy atom. The van der Waals surface area contributed by atoms with Crippen molar-refractivity contribution in [3.8, 4) is 11.5 Å². The van der Waals surface area contributed by atoms with E-state index in [9.17, 15) is 13.2 Å². The molecule has 0 aliphatic carbocycles. The Morgan fingerprint density at radius 3 is 2.36 bits per heavy atom. The maximum atomic E-state index is 13.2. The predicted molar refractivity (Wildman–Crippen MR) is 126 cm³/mol. The van der Waals surface area contributed by atoms with Crippen LogP contribution in [0.1, 0.15) is 50.4 Å². The van der Waals surface area contributed by atoms with Gasteiger partial charge in [0.1, 0.15) is 0 Å². The lowest BCUT2D eigenvalue weighted by molar-refractivity contribution is 0.0672. The van der Waals surface area contributed by atoms with E-state index in [2.05, 4.69) is 14.9 Å². The van der Waals surface area contributed by atoms with Crippen molar-refractivity contribution in [1.29, 1.82) is 0 Å². The average Bonchev–Trinajstić information content (AvgIpc) is 3.25. The Kier molecular flexibility index (Phi) is 7.88. The van der Waals surface area contributed by atoms with E-state index in [1.807, 2.05) is 26.8 Å². The largest absolute Gasteiger partial charge is 0.419 e. The summed E-state index contributed by atoms with van der Waals surface area (Å²) in [5, 5.41) is 8.59. The Labute approximate surface area is 199 Å². The molecule has 0 bridgehead atoms. The molecule has 0 aliphatic heterocycles. The monoisotopic (exact) mass is 490 g/mol. The van der Waals surface area contributed by atoms with E-state index < -0.39 is 10.0 Å². The summed E-state index contributed by atoms with van der Waals surface area (Å²) >= 11 is 6.20. The molecule has 0 saturated carbocycles. The van der Waals surface area contributed by atoms with Crippen molar-refractivity contribution in [3.05, 3.63) is 65.0 Å². The molecule has 10 heteroatoms. The summed E-state index contributed by atoms with van der Waals surface area (Å²) in [6, 6.07) is 12.6. The van der Waals surface area contributed by atoms with E-state index in [0.29, 0.717) is 22.6 Å². The molecule has 0 fully saturated rings. The molecular weight excluding hydrogens is 464 g/mol. The van der Waals surface area contributed by atoms with Crippen molar-refractivity contribution in [2.45, 2.75) is 57.6 Å². The summed E-state index contributed by atoms with van der Waals surface area (Å²) < 4.78 is 33.3. The first-order valence-electron chi connectivity index (χ1n) is 10.6. The van der Waals surface area contributed by atoms with Crippen molar-refractivity contribution >= 4 is 27.5 Å². The fraction of sp³-hybridized carbons (Fsp3) is 0.348. The van der Waals surface area contributed by atoms with Gasteiger partial charge in [0.15, 0.2) is 0 Å². The third kappa shape index (κ3) is 5.98. The van der Waals surface area contributed by atoms with Gasteiger partial charge in [0.05, 0.1) is 22.0 Å². The molecule has 1 heterocycles. The number of nitrogens with one attached hydrogen (secondary N) is 1. The lowest BCUT2D eigenvalue weighted by Crippen LogP contribution is -2.36. The Bertz CT molecular complexity index is 1210. The number of amides is 1. The SMILES string of the molecule is CCC(C)NS(=O)(=O)c1ccc(C(=O)N(Cc2nnc(-c3ccccc3Cl)o2)C(C)C)cc1. The van der Waals surface area contributed by atoms with E-state index in [1.165, 1.54) is 24.3 Å². The Balaban J connectivity index is 1.78. The second-order valence-electron chi connectivity index (χ2n) is 7.96. The zero-order valence-electron chi connectivity index (χ0n) is 18.9. The van der Waals surface area contributed by atoms with Crippen LogP contribution in [0.4, 0.5) is 0 Å². The van der Waals surface area contributed by atoms with Crippen LogP contribution in [0.15, 0.2) is 57.8 Å². The summed E-state index contributed by atoms with van der Waals surface area (Å²) in [5.41, 5.74) is 0.972. The number of hydrogen-bond donors (Lipinski definition) is 1. The lowest BCUT2D eigenvalue weighted by Gasteiger charge is -2.25. The molecule has 33 heavy (non-hydrogen) atoms. The number of rotatable bonds is 9. The second-order valence-corrected chi connectivity index (χ2v) is 10.1. The number of nitrogens with zero attached hydrogens (tertiary/aromatic N) is 3. The smallest absolute Gasteiger partial charge is 0.254 e. The van der Waals surface area contributed by atoms with Crippen LogP contribution in [0.3, 0.4) is 0 Å². The third-order valence-corrected chi connectivity index (χ3v) is 7.08.